The maximum absolute atomic E-state index is 12.4. The highest BCUT2D eigenvalue weighted by atomic mass is 16.5. The zero-order valence-corrected chi connectivity index (χ0v) is 14.0. The molecule has 1 aliphatic carbocycles. The molecular formula is C16H26N4O2. The third-order valence-corrected chi connectivity index (χ3v) is 4.70. The zero-order chi connectivity index (χ0) is 16.0. The Labute approximate surface area is 131 Å². The van der Waals surface area contributed by atoms with Gasteiger partial charge in [0, 0.05) is 0 Å². The number of hydrogen-bond acceptors (Lipinski definition) is 4. The summed E-state index contributed by atoms with van der Waals surface area (Å²) >= 11 is 0. The van der Waals surface area contributed by atoms with Gasteiger partial charge >= 0.3 is 0 Å². The number of aromatic nitrogens is 3. The molecule has 0 spiro atoms. The molecule has 0 bridgehead atoms. The number of fused-ring (bicyclic) bond motifs is 1. The number of ether oxygens (including phenoxy) is 1. The van der Waals surface area contributed by atoms with Crippen LogP contribution in [-0.2, 0) is 28.9 Å². The van der Waals surface area contributed by atoms with E-state index >= 15 is 0 Å². The molecule has 0 aromatic carbocycles. The van der Waals surface area contributed by atoms with Crippen molar-refractivity contribution in [1.29, 1.82) is 0 Å². The summed E-state index contributed by atoms with van der Waals surface area (Å²) in [6.07, 6.45) is 5.09. The smallest absolute Gasteiger partial charge is 0.242 e. The normalized spacial score (nSPS) is 25.7. The lowest BCUT2D eigenvalue weighted by Crippen LogP contribution is -2.47. The first-order valence-electron chi connectivity index (χ1n) is 8.18. The van der Waals surface area contributed by atoms with Crippen LogP contribution in [0.4, 0.5) is 0 Å². The summed E-state index contributed by atoms with van der Waals surface area (Å²) in [4.78, 5) is 12.4. The minimum absolute atomic E-state index is 0.0161. The number of nitrogens with zero attached hydrogens (tertiary/aromatic N) is 3. The van der Waals surface area contributed by atoms with E-state index in [1.54, 1.807) is 4.68 Å². The van der Waals surface area contributed by atoms with Gasteiger partial charge in [0.2, 0.25) is 5.91 Å². The fraction of sp³-hybridized carbons (Fsp3) is 0.812. The molecule has 1 N–H and O–H groups in total. The summed E-state index contributed by atoms with van der Waals surface area (Å²) in [5, 5.41) is 11.5. The first-order valence-corrected chi connectivity index (χ1v) is 8.18. The van der Waals surface area contributed by atoms with Gasteiger partial charge in [0.25, 0.3) is 0 Å². The van der Waals surface area contributed by atoms with Crippen LogP contribution in [0.1, 0.15) is 58.3 Å². The van der Waals surface area contributed by atoms with Gasteiger partial charge in [-0.2, -0.15) is 0 Å². The molecular weight excluding hydrogens is 280 g/mol. The van der Waals surface area contributed by atoms with Crippen molar-refractivity contribution in [3.05, 3.63) is 11.4 Å². The highest BCUT2D eigenvalue weighted by Gasteiger charge is 2.46. The van der Waals surface area contributed by atoms with Gasteiger partial charge < -0.3 is 10.1 Å². The van der Waals surface area contributed by atoms with Crippen LogP contribution >= 0.6 is 0 Å². The minimum Gasteiger partial charge on any atom is -0.367 e. The molecule has 122 valence electrons. The molecule has 1 amide bonds. The Morgan fingerprint density at radius 3 is 2.73 bits per heavy atom. The molecule has 1 saturated heterocycles. The molecule has 6 nitrogen and oxygen atoms in total. The van der Waals surface area contributed by atoms with Crippen LogP contribution in [0.25, 0.3) is 0 Å². The highest BCUT2D eigenvalue weighted by Crippen LogP contribution is 2.37. The molecule has 1 atom stereocenters. The highest BCUT2D eigenvalue weighted by molar-refractivity contribution is 5.76. The van der Waals surface area contributed by atoms with Crippen molar-refractivity contribution in [3.63, 3.8) is 0 Å². The van der Waals surface area contributed by atoms with Crippen molar-refractivity contribution in [2.24, 2.45) is 0 Å². The number of amides is 1. The quantitative estimate of drug-likeness (QED) is 0.921. The molecule has 1 unspecified atom stereocenters. The van der Waals surface area contributed by atoms with Gasteiger partial charge in [-0.15, -0.1) is 5.10 Å². The predicted molar refractivity (Wildman–Crippen MR) is 82.5 cm³/mol. The summed E-state index contributed by atoms with van der Waals surface area (Å²) in [5.41, 5.74) is 1.64. The van der Waals surface area contributed by atoms with Gasteiger partial charge in [-0.3, -0.25) is 4.79 Å². The zero-order valence-electron chi connectivity index (χ0n) is 14.0. The average Bonchev–Trinajstić information content (AvgIpc) is 2.88. The summed E-state index contributed by atoms with van der Waals surface area (Å²) in [7, 11) is 0. The molecule has 1 aromatic rings. The lowest BCUT2D eigenvalue weighted by atomic mass is 9.94. The Balaban J connectivity index is 1.65. The molecule has 2 aliphatic rings. The van der Waals surface area contributed by atoms with Gasteiger partial charge in [0.1, 0.15) is 6.54 Å². The number of carbonyl (C=O) groups excluding carboxylic acids is 1. The van der Waals surface area contributed by atoms with Crippen LogP contribution < -0.4 is 5.32 Å². The van der Waals surface area contributed by atoms with Crippen molar-refractivity contribution in [1.82, 2.24) is 20.3 Å². The lowest BCUT2D eigenvalue weighted by Gasteiger charge is -2.27. The van der Waals surface area contributed by atoms with Crippen molar-refractivity contribution in [3.8, 4) is 0 Å². The topological polar surface area (TPSA) is 69.0 Å². The number of nitrogens with one attached hydrogen (secondary N) is 1. The second-order valence-electron chi connectivity index (χ2n) is 7.64. The van der Waals surface area contributed by atoms with Crippen molar-refractivity contribution in [2.45, 2.75) is 83.6 Å². The Morgan fingerprint density at radius 2 is 2.05 bits per heavy atom. The summed E-state index contributed by atoms with van der Waals surface area (Å²) in [5.74, 6) is -0.0161. The van der Waals surface area contributed by atoms with Crippen molar-refractivity contribution in [2.75, 3.05) is 0 Å². The SMILES string of the molecule is CC1(C)CC(NC(=O)Cn2nnc3c2CCCC3)C(C)(C)O1. The second kappa shape index (κ2) is 5.33. The lowest BCUT2D eigenvalue weighted by molar-refractivity contribution is -0.124. The molecule has 6 heteroatoms. The van der Waals surface area contributed by atoms with Gasteiger partial charge in [-0.05, 0) is 59.8 Å². The number of carbonyl (C=O) groups is 1. The van der Waals surface area contributed by atoms with Crippen LogP contribution in [-0.4, -0.2) is 38.1 Å². The molecule has 1 aliphatic heterocycles. The molecule has 3 rings (SSSR count). The van der Waals surface area contributed by atoms with E-state index in [4.69, 9.17) is 4.74 Å². The molecule has 1 aromatic heterocycles. The first kappa shape index (κ1) is 15.5. The minimum atomic E-state index is -0.346. The van der Waals surface area contributed by atoms with Gasteiger partial charge in [-0.25, -0.2) is 4.68 Å². The number of rotatable bonds is 3. The summed E-state index contributed by atoms with van der Waals surface area (Å²) in [6.45, 7) is 8.44. The Kier molecular flexibility index (Phi) is 3.75. The fourth-order valence-electron chi connectivity index (χ4n) is 3.71. The maximum Gasteiger partial charge on any atom is 0.242 e. The standard InChI is InChI=1S/C16H26N4O2/c1-15(2)9-13(16(3,4)22-15)17-14(21)10-20-12-8-6-5-7-11(12)18-19-20/h13H,5-10H2,1-4H3,(H,17,21). The van der Waals surface area contributed by atoms with Crippen molar-refractivity contribution >= 4 is 5.91 Å². The summed E-state index contributed by atoms with van der Waals surface area (Å²) in [6, 6.07) is 0.0225. The van der Waals surface area contributed by atoms with Crippen LogP contribution in [0.5, 0.6) is 0 Å². The molecule has 0 saturated carbocycles. The van der Waals surface area contributed by atoms with Gasteiger partial charge in [-0.1, -0.05) is 5.21 Å². The monoisotopic (exact) mass is 306 g/mol. The summed E-state index contributed by atoms with van der Waals surface area (Å²) < 4.78 is 7.79. The molecule has 22 heavy (non-hydrogen) atoms. The van der Waals surface area contributed by atoms with E-state index in [9.17, 15) is 4.79 Å². The first-order chi connectivity index (χ1) is 10.3. The van der Waals surface area contributed by atoms with E-state index in [0.717, 1.165) is 37.1 Å². The van der Waals surface area contributed by atoms with E-state index in [2.05, 4.69) is 29.5 Å². The second-order valence-corrected chi connectivity index (χ2v) is 7.64. The van der Waals surface area contributed by atoms with Gasteiger partial charge in [0.05, 0.1) is 28.6 Å². The molecule has 2 heterocycles. The third-order valence-electron chi connectivity index (χ3n) is 4.70. The van der Waals surface area contributed by atoms with Crippen molar-refractivity contribution < 1.29 is 9.53 Å². The number of hydrogen-bond donors (Lipinski definition) is 1. The van der Waals surface area contributed by atoms with E-state index in [1.165, 1.54) is 6.42 Å². The Bertz CT molecular complexity index is 577. The van der Waals surface area contributed by atoms with Crippen LogP contribution in [0, 0.1) is 0 Å². The van der Waals surface area contributed by atoms with E-state index < -0.39 is 0 Å². The van der Waals surface area contributed by atoms with E-state index in [0.29, 0.717) is 0 Å². The van der Waals surface area contributed by atoms with Gasteiger partial charge in [0.15, 0.2) is 0 Å². The van der Waals surface area contributed by atoms with Crippen LogP contribution in [0.3, 0.4) is 0 Å². The molecule has 1 fully saturated rings. The van der Waals surface area contributed by atoms with Crippen LogP contribution in [0.15, 0.2) is 0 Å². The van der Waals surface area contributed by atoms with E-state index in [-0.39, 0.29) is 29.7 Å². The van der Waals surface area contributed by atoms with Crippen LogP contribution in [0.2, 0.25) is 0 Å². The van der Waals surface area contributed by atoms with E-state index in [1.807, 2.05) is 13.8 Å². The maximum atomic E-state index is 12.4. The average molecular weight is 306 g/mol. The third kappa shape index (κ3) is 3.02. The largest absolute Gasteiger partial charge is 0.367 e. The molecule has 0 radical (unpaired) electrons. The Hall–Kier alpha value is -1.43. The fourth-order valence-corrected chi connectivity index (χ4v) is 3.71. The Morgan fingerprint density at radius 1 is 1.32 bits per heavy atom. The number of aryl methyl sites for hydroxylation is 1. The predicted octanol–water partition coefficient (Wildman–Crippen LogP) is 1.62.